The molecule has 0 heterocycles. The SMILES string of the molecule is COC(=O)c1ccc(CS(=O)(=O)NCc2ccc(OC)c(OC)c2OC)cc1. The summed E-state index contributed by atoms with van der Waals surface area (Å²) in [6, 6.07) is 9.57. The Labute approximate surface area is 164 Å². The van der Waals surface area contributed by atoms with Crippen molar-refractivity contribution in [2.24, 2.45) is 0 Å². The summed E-state index contributed by atoms with van der Waals surface area (Å²) in [6.07, 6.45) is 0. The molecule has 0 saturated heterocycles. The molecule has 0 bridgehead atoms. The Morgan fingerprint density at radius 2 is 1.54 bits per heavy atom. The normalized spacial score (nSPS) is 11.0. The zero-order valence-corrected chi connectivity index (χ0v) is 17.0. The predicted octanol–water partition coefficient (Wildman–Crippen LogP) is 2.12. The number of nitrogens with one attached hydrogen (secondary N) is 1. The summed E-state index contributed by atoms with van der Waals surface area (Å²) in [6.45, 7) is 0.0199. The van der Waals surface area contributed by atoms with Crippen LogP contribution in [0.5, 0.6) is 17.2 Å². The molecule has 9 heteroatoms. The zero-order valence-electron chi connectivity index (χ0n) is 16.1. The second kappa shape index (κ2) is 9.43. The van der Waals surface area contributed by atoms with Gasteiger partial charge in [0.05, 0.1) is 39.8 Å². The summed E-state index contributed by atoms with van der Waals surface area (Å²) in [7, 11) is 2.11. The van der Waals surface area contributed by atoms with Crippen molar-refractivity contribution >= 4 is 16.0 Å². The molecule has 0 aliphatic rings. The van der Waals surface area contributed by atoms with Gasteiger partial charge < -0.3 is 18.9 Å². The van der Waals surface area contributed by atoms with E-state index in [4.69, 9.17) is 14.2 Å². The third-order valence-corrected chi connectivity index (χ3v) is 5.30. The van der Waals surface area contributed by atoms with Crippen LogP contribution < -0.4 is 18.9 Å². The molecule has 0 fully saturated rings. The van der Waals surface area contributed by atoms with Crippen molar-refractivity contribution < 1.29 is 32.2 Å². The molecular formula is C19H23NO7S. The number of rotatable bonds is 9. The number of sulfonamides is 1. The second-order valence-electron chi connectivity index (χ2n) is 5.76. The first kappa shape index (κ1) is 21.5. The van der Waals surface area contributed by atoms with Gasteiger partial charge in [0.1, 0.15) is 0 Å². The molecule has 0 aromatic heterocycles. The summed E-state index contributed by atoms with van der Waals surface area (Å²) in [5.41, 5.74) is 1.50. The monoisotopic (exact) mass is 409 g/mol. The maximum atomic E-state index is 12.4. The van der Waals surface area contributed by atoms with Crippen molar-refractivity contribution in [3.63, 3.8) is 0 Å². The van der Waals surface area contributed by atoms with Crippen molar-refractivity contribution in [3.05, 3.63) is 53.1 Å². The standard InChI is InChI=1S/C19H23NO7S/c1-24-16-10-9-15(17(25-2)18(16)26-3)11-20-28(22,23)12-13-5-7-14(8-6-13)19(21)27-4/h5-10,20H,11-12H2,1-4H3. The van der Waals surface area contributed by atoms with Crippen LogP contribution in [0.4, 0.5) is 0 Å². The van der Waals surface area contributed by atoms with Crippen LogP contribution in [0.2, 0.25) is 0 Å². The number of hydrogen-bond donors (Lipinski definition) is 1. The van der Waals surface area contributed by atoms with Crippen LogP contribution in [-0.4, -0.2) is 42.8 Å². The molecule has 152 valence electrons. The van der Waals surface area contributed by atoms with E-state index < -0.39 is 16.0 Å². The van der Waals surface area contributed by atoms with E-state index in [2.05, 4.69) is 9.46 Å². The first-order chi connectivity index (χ1) is 13.3. The van der Waals surface area contributed by atoms with E-state index in [0.717, 1.165) is 0 Å². The maximum Gasteiger partial charge on any atom is 0.337 e. The third kappa shape index (κ3) is 5.14. The number of carbonyl (C=O) groups is 1. The van der Waals surface area contributed by atoms with Gasteiger partial charge in [0.25, 0.3) is 0 Å². The van der Waals surface area contributed by atoms with Gasteiger partial charge in [-0.25, -0.2) is 17.9 Å². The number of hydrogen-bond acceptors (Lipinski definition) is 7. The molecule has 2 aromatic carbocycles. The second-order valence-corrected chi connectivity index (χ2v) is 7.57. The molecule has 0 spiro atoms. The summed E-state index contributed by atoms with van der Waals surface area (Å²) in [4.78, 5) is 11.4. The quantitative estimate of drug-likeness (QED) is 0.633. The van der Waals surface area contributed by atoms with Gasteiger partial charge in [-0.2, -0.15) is 0 Å². The fourth-order valence-electron chi connectivity index (χ4n) is 2.62. The van der Waals surface area contributed by atoms with Crippen molar-refractivity contribution in [2.75, 3.05) is 28.4 Å². The molecular weight excluding hydrogens is 386 g/mol. The molecule has 0 amide bonds. The van der Waals surface area contributed by atoms with Crippen LogP contribution in [-0.2, 0) is 27.1 Å². The topological polar surface area (TPSA) is 100 Å². The van der Waals surface area contributed by atoms with Gasteiger partial charge >= 0.3 is 5.97 Å². The minimum absolute atomic E-state index is 0.0199. The number of ether oxygens (including phenoxy) is 4. The summed E-state index contributed by atoms with van der Waals surface area (Å²) >= 11 is 0. The van der Waals surface area contributed by atoms with Gasteiger partial charge in [-0.15, -0.1) is 0 Å². The highest BCUT2D eigenvalue weighted by Gasteiger charge is 2.18. The van der Waals surface area contributed by atoms with Gasteiger partial charge in [-0.1, -0.05) is 18.2 Å². The Morgan fingerprint density at radius 1 is 0.893 bits per heavy atom. The lowest BCUT2D eigenvalue weighted by atomic mass is 10.1. The van der Waals surface area contributed by atoms with Crippen molar-refractivity contribution in [3.8, 4) is 17.2 Å². The van der Waals surface area contributed by atoms with E-state index in [1.54, 1.807) is 24.3 Å². The van der Waals surface area contributed by atoms with Crippen LogP contribution in [0, 0.1) is 0 Å². The van der Waals surface area contributed by atoms with Crippen molar-refractivity contribution in [2.45, 2.75) is 12.3 Å². The Hall–Kier alpha value is -2.78. The largest absolute Gasteiger partial charge is 0.493 e. The van der Waals surface area contributed by atoms with Gasteiger partial charge in [0.2, 0.25) is 15.8 Å². The van der Waals surface area contributed by atoms with E-state index in [-0.39, 0.29) is 12.3 Å². The first-order valence-electron chi connectivity index (χ1n) is 8.27. The van der Waals surface area contributed by atoms with Gasteiger partial charge in [0, 0.05) is 12.1 Å². The van der Waals surface area contributed by atoms with E-state index in [1.165, 1.54) is 40.6 Å². The highest BCUT2D eigenvalue weighted by Crippen LogP contribution is 2.39. The lowest BCUT2D eigenvalue weighted by molar-refractivity contribution is 0.0600. The van der Waals surface area contributed by atoms with Crippen LogP contribution in [0.25, 0.3) is 0 Å². The van der Waals surface area contributed by atoms with E-state index in [1.807, 2.05) is 0 Å². The fraction of sp³-hybridized carbons (Fsp3) is 0.316. The number of carbonyl (C=O) groups excluding carboxylic acids is 1. The summed E-state index contributed by atoms with van der Waals surface area (Å²) in [5, 5.41) is 0. The van der Waals surface area contributed by atoms with E-state index in [9.17, 15) is 13.2 Å². The van der Waals surface area contributed by atoms with Crippen molar-refractivity contribution in [1.82, 2.24) is 4.72 Å². The molecule has 0 atom stereocenters. The number of methoxy groups -OCH3 is 4. The molecule has 0 radical (unpaired) electrons. The molecule has 0 aliphatic carbocycles. The van der Waals surface area contributed by atoms with Crippen LogP contribution >= 0.6 is 0 Å². The van der Waals surface area contributed by atoms with E-state index >= 15 is 0 Å². The average Bonchev–Trinajstić information content (AvgIpc) is 2.70. The maximum absolute atomic E-state index is 12.4. The number of esters is 1. The van der Waals surface area contributed by atoms with Crippen LogP contribution in [0.1, 0.15) is 21.5 Å². The minimum Gasteiger partial charge on any atom is -0.493 e. The molecule has 28 heavy (non-hydrogen) atoms. The average molecular weight is 409 g/mol. The van der Waals surface area contributed by atoms with E-state index in [0.29, 0.717) is 33.9 Å². The Balaban J connectivity index is 2.12. The molecule has 2 rings (SSSR count). The molecule has 1 N–H and O–H groups in total. The van der Waals surface area contributed by atoms with Gasteiger partial charge in [-0.3, -0.25) is 0 Å². The highest BCUT2D eigenvalue weighted by molar-refractivity contribution is 7.88. The fourth-order valence-corrected chi connectivity index (χ4v) is 3.72. The molecule has 0 aliphatic heterocycles. The lowest BCUT2D eigenvalue weighted by Gasteiger charge is -2.16. The summed E-state index contributed by atoms with van der Waals surface area (Å²) in [5.74, 6) is 0.557. The lowest BCUT2D eigenvalue weighted by Crippen LogP contribution is -2.25. The highest BCUT2D eigenvalue weighted by atomic mass is 32.2. The van der Waals surface area contributed by atoms with Gasteiger partial charge in [0.15, 0.2) is 11.5 Å². The zero-order chi connectivity index (χ0) is 20.7. The summed E-state index contributed by atoms with van der Waals surface area (Å²) < 4.78 is 47.9. The molecule has 0 saturated carbocycles. The Kier molecular flexibility index (Phi) is 7.24. The van der Waals surface area contributed by atoms with Crippen LogP contribution in [0.3, 0.4) is 0 Å². The smallest absolute Gasteiger partial charge is 0.337 e. The molecule has 0 unspecified atom stereocenters. The van der Waals surface area contributed by atoms with Crippen LogP contribution in [0.15, 0.2) is 36.4 Å². The van der Waals surface area contributed by atoms with Crippen molar-refractivity contribution in [1.29, 1.82) is 0 Å². The minimum atomic E-state index is -3.63. The number of benzene rings is 2. The third-order valence-electron chi connectivity index (χ3n) is 4.00. The Bertz CT molecular complexity index is 924. The van der Waals surface area contributed by atoms with Gasteiger partial charge in [-0.05, 0) is 23.8 Å². The molecule has 2 aromatic rings. The Morgan fingerprint density at radius 3 is 2.07 bits per heavy atom. The molecule has 8 nitrogen and oxygen atoms in total. The predicted molar refractivity (Wildman–Crippen MR) is 103 cm³/mol. The first-order valence-corrected chi connectivity index (χ1v) is 9.92.